The van der Waals surface area contributed by atoms with Crippen LogP contribution in [0.25, 0.3) is 11.2 Å². The number of amides is 1. The van der Waals surface area contributed by atoms with E-state index in [4.69, 9.17) is 27.9 Å². The number of anilines is 1. The van der Waals surface area contributed by atoms with Gasteiger partial charge in [0.25, 0.3) is 5.91 Å². The zero-order chi connectivity index (χ0) is 17.1. The van der Waals surface area contributed by atoms with E-state index < -0.39 is 0 Å². The summed E-state index contributed by atoms with van der Waals surface area (Å²) in [5.74, 6) is -0.358. The van der Waals surface area contributed by atoms with Gasteiger partial charge in [-0.3, -0.25) is 4.79 Å². The number of carbonyl (C=O) groups excluding carboxylic acids is 1. The molecule has 3 rings (SSSR count). The fourth-order valence-corrected chi connectivity index (χ4v) is 2.61. The second-order valence-corrected chi connectivity index (χ2v) is 5.86. The number of hydrogen-bond donors (Lipinski definition) is 1. The minimum absolute atomic E-state index is 0.260. The number of halogens is 2. The monoisotopic (exact) mass is 364 g/mol. The third-order valence-electron chi connectivity index (χ3n) is 3.45. The maximum atomic E-state index is 12.4. The van der Waals surface area contributed by atoms with Crippen LogP contribution in [-0.2, 0) is 11.3 Å². The number of nitrogens with one attached hydrogen (secondary N) is 1. The number of benzene rings is 1. The normalized spacial score (nSPS) is 11.0. The van der Waals surface area contributed by atoms with E-state index in [0.717, 1.165) is 0 Å². The van der Waals surface area contributed by atoms with Gasteiger partial charge < -0.3 is 14.6 Å². The Balaban J connectivity index is 1.88. The predicted octanol–water partition coefficient (Wildman–Crippen LogP) is 3.64. The van der Waals surface area contributed by atoms with Crippen molar-refractivity contribution in [3.8, 4) is 0 Å². The van der Waals surface area contributed by atoms with Gasteiger partial charge in [0.1, 0.15) is 5.52 Å². The van der Waals surface area contributed by atoms with E-state index in [1.54, 1.807) is 37.7 Å². The van der Waals surface area contributed by atoms with Crippen LogP contribution in [0.5, 0.6) is 0 Å². The Morgan fingerprint density at radius 3 is 2.71 bits per heavy atom. The second kappa shape index (κ2) is 7.17. The zero-order valence-corrected chi connectivity index (χ0v) is 14.3. The highest BCUT2D eigenvalue weighted by molar-refractivity contribution is 6.38. The van der Waals surface area contributed by atoms with Crippen LogP contribution >= 0.6 is 23.2 Å². The third kappa shape index (κ3) is 3.36. The van der Waals surface area contributed by atoms with Crippen LogP contribution in [0.3, 0.4) is 0 Å². The van der Waals surface area contributed by atoms with Gasteiger partial charge in [-0.15, -0.1) is 0 Å². The van der Waals surface area contributed by atoms with Crippen molar-refractivity contribution in [3.63, 3.8) is 0 Å². The number of fused-ring (bicyclic) bond motifs is 1. The Kier molecular flexibility index (Phi) is 4.99. The Labute approximate surface area is 148 Å². The highest BCUT2D eigenvalue weighted by atomic mass is 35.5. The first kappa shape index (κ1) is 16.7. The first-order valence-corrected chi connectivity index (χ1v) is 7.91. The van der Waals surface area contributed by atoms with Crippen molar-refractivity contribution in [3.05, 3.63) is 52.4 Å². The summed E-state index contributed by atoms with van der Waals surface area (Å²) in [6.07, 6.45) is 3.07. The van der Waals surface area contributed by atoms with Gasteiger partial charge in [0, 0.05) is 30.6 Å². The maximum absolute atomic E-state index is 12.4. The first-order valence-electron chi connectivity index (χ1n) is 7.15. The summed E-state index contributed by atoms with van der Waals surface area (Å²) in [7, 11) is 1.62. The van der Waals surface area contributed by atoms with E-state index in [2.05, 4.69) is 15.3 Å². The molecule has 6 nitrogen and oxygen atoms in total. The van der Waals surface area contributed by atoms with Gasteiger partial charge in [0.15, 0.2) is 5.65 Å². The number of pyridine rings is 1. The molecule has 3 aromatic rings. The molecule has 0 spiro atoms. The van der Waals surface area contributed by atoms with Crippen molar-refractivity contribution in [2.45, 2.75) is 6.54 Å². The van der Waals surface area contributed by atoms with Crippen molar-refractivity contribution in [1.29, 1.82) is 0 Å². The standard InChI is InChI=1S/C16H14Cl2N4O2/c1-24-7-6-22-9-20-14-13(18)12(8-19-15(14)22)16(23)21-11-4-2-10(17)3-5-11/h2-5,8-9H,6-7H2,1H3,(H,21,23). The minimum Gasteiger partial charge on any atom is -0.383 e. The molecule has 2 heterocycles. The first-order chi connectivity index (χ1) is 11.6. The van der Waals surface area contributed by atoms with Gasteiger partial charge in [-0.05, 0) is 24.3 Å². The lowest BCUT2D eigenvalue weighted by Crippen LogP contribution is -2.13. The number of aromatic nitrogens is 3. The Hall–Kier alpha value is -2.15. The van der Waals surface area contributed by atoms with E-state index in [1.165, 1.54) is 6.20 Å². The molecule has 0 radical (unpaired) electrons. The molecule has 124 valence electrons. The van der Waals surface area contributed by atoms with Crippen molar-refractivity contribution in [2.75, 3.05) is 19.0 Å². The van der Waals surface area contributed by atoms with Gasteiger partial charge in [-0.25, -0.2) is 9.97 Å². The number of rotatable bonds is 5. The zero-order valence-electron chi connectivity index (χ0n) is 12.8. The summed E-state index contributed by atoms with van der Waals surface area (Å²) in [6, 6.07) is 6.80. The molecule has 0 atom stereocenters. The summed E-state index contributed by atoms with van der Waals surface area (Å²) in [4.78, 5) is 21.0. The molecule has 2 aromatic heterocycles. The van der Waals surface area contributed by atoms with Crippen LogP contribution in [0.15, 0.2) is 36.8 Å². The third-order valence-corrected chi connectivity index (χ3v) is 4.09. The molecular formula is C16H14Cl2N4O2. The van der Waals surface area contributed by atoms with Crippen molar-refractivity contribution < 1.29 is 9.53 Å². The van der Waals surface area contributed by atoms with E-state index in [0.29, 0.717) is 35.0 Å². The molecule has 0 unspecified atom stereocenters. The number of hydrogen-bond acceptors (Lipinski definition) is 4. The predicted molar refractivity (Wildman–Crippen MR) is 93.8 cm³/mol. The van der Waals surface area contributed by atoms with Crippen LogP contribution in [0.4, 0.5) is 5.69 Å². The molecule has 0 aliphatic heterocycles. The van der Waals surface area contributed by atoms with E-state index in [9.17, 15) is 4.79 Å². The summed E-state index contributed by atoms with van der Waals surface area (Å²) in [5, 5.41) is 3.62. The number of carbonyl (C=O) groups is 1. The highest BCUT2D eigenvalue weighted by Gasteiger charge is 2.17. The van der Waals surface area contributed by atoms with Crippen LogP contribution < -0.4 is 5.32 Å². The van der Waals surface area contributed by atoms with Crippen molar-refractivity contribution in [1.82, 2.24) is 14.5 Å². The van der Waals surface area contributed by atoms with Gasteiger partial charge >= 0.3 is 0 Å². The van der Waals surface area contributed by atoms with Crippen LogP contribution in [-0.4, -0.2) is 34.2 Å². The fraction of sp³-hybridized carbons (Fsp3) is 0.188. The number of methoxy groups -OCH3 is 1. The van der Waals surface area contributed by atoms with Crippen LogP contribution in [0.2, 0.25) is 10.0 Å². The average molecular weight is 365 g/mol. The molecule has 0 aliphatic rings. The van der Waals surface area contributed by atoms with E-state index in [1.807, 2.05) is 4.57 Å². The number of nitrogens with zero attached hydrogens (tertiary/aromatic N) is 3. The molecule has 1 amide bonds. The summed E-state index contributed by atoms with van der Waals surface area (Å²) in [6.45, 7) is 1.14. The summed E-state index contributed by atoms with van der Waals surface area (Å²) >= 11 is 12.2. The highest BCUT2D eigenvalue weighted by Crippen LogP contribution is 2.25. The number of ether oxygens (including phenoxy) is 1. The molecule has 0 bridgehead atoms. The lowest BCUT2D eigenvalue weighted by molar-refractivity contribution is 0.102. The maximum Gasteiger partial charge on any atom is 0.258 e. The average Bonchev–Trinajstić information content (AvgIpc) is 2.99. The molecule has 1 N–H and O–H groups in total. The topological polar surface area (TPSA) is 69.0 Å². The van der Waals surface area contributed by atoms with Gasteiger partial charge in [0.2, 0.25) is 0 Å². The molecule has 0 aliphatic carbocycles. The van der Waals surface area contributed by atoms with Crippen LogP contribution in [0.1, 0.15) is 10.4 Å². The van der Waals surface area contributed by atoms with E-state index in [-0.39, 0.29) is 16.5 Å². The van der Waals surface area contributed by atoms with Gasteiger partial charge in [0.05, 0.1) is 23.5 Å². The smallest absolute Gasteiger partial charge is 0.258 e. The molecular weight excluding hydrogens is 351 g/mol. The van der Waals surface area contributed by atoms with Crippen LogP contribution in [0, 0.1) is 0 Å². The molecule has 0 fully saturated rings. The summed E-state index contributed by atoms with van der Waals surface area (Å²) in [5.41, 5.74) is 1.97. The quantitative estimate of drug-likeness (QED) is 0.750. The minimum atomic E-state index is -0.358. The van der Waals surface area contributed by atoms with Gasteiger partial charge in [-0.1, -0.05) is 23.2 Å². The van der Waals surface area contributed by atoms with Gasteiger partial charge in [-0.2, -0.15) is 0 Å². The Morgan fingerprint density at radius 2 is 2.00 bits per heavy atom. The molecule has 0 saturated heterocycles. The van der Waals surface area contributed by atoms with Crippen molar-refractivity contribution in [2.24, 2.45) is 0 Å². The SMILES string of the molecule is COCCn1cnc2c(Cl)c(C(=O)Nc3ccc(Cl)cc3)cnc21. The molecule has 8 heteroatoms. The lowest BCUT2D eigenvalue weighted by atomic mass is 10.2. The Morgan fingerprint density at radius 1 is 1.25 bits per heavy atom. The number of imidazole rings is 1. The van der Waals surface area contributed by atoms with E-state index >= 15 is 0 Å². The largest absolute Gasteiger partial charge is 0.383 e. The fourth-order valence-electron chi connectivity index (χ4n) is 2.22. The molecule has 24 heavy (non-hydrogen) atoms. The van der Waals surface area contributed by atoms with Crippen molar-refractivity contribution >= 4 is 46.0 Å². The second-order valence-electron chi connectivity index (χ2n) is 5.05. The molecule has 0 saturated carbocycles. The summed E-state index contributed by atoms with van der Waals surface area (Å²) < 4.78 is 6.87. The lowest BCUT2D eigenvalue weighted by Gasteiger charge is -2.08. The Bertz CT molecular complexity index is 878. The molecule has 1 aromatic carbocycles.